The first-order chi connectivity index (χ1) is 10.1. The standard InChI is InChI=1S/C15H11NO5/c17-11-6-13(21-12-4-2-1-3-9(11)12)14(18)16-7-8-5-10(16)15(19)20-8/h1-4,6,8,10H,5,7H2/t8-,10+/m0/s1. The van der Waals surface area contributed by atoms with Crippen LogP contribution in [-0.2, 0) is 9.53 Å². The second-order valence-electron chi connectivity index (χ2n) is 5.24. The zero-order chi connectivity index (χ0) is 14.6. The predicted octanol–water partition coefficient (Wildman–Crippen LogP) is 0.933. The number of carbonyl (C=O) groups excluding carboxylic acids is 2. The molecule has 2 bridgehead atoms. The van der Waals surface area contributed by atoms with Crippen LogP contribution in [0.3, 0.4) is 0 Å². The number of benzene rings is 1. The molecule has 2 atom stereocenters. The van der Waals surface area contributed by atoms with Gasteiger partial charge in [-0.2, -0.15) is 0 Å². The molecule has 6 nitrogen and oxygen atoms in total. The molecule has 1 amide bonds. The average molecular weight is 285 g/mol. The van der Waals surface area contributed by atoms with E-state index in [9.17, 15) is 14.4 Å². The molecule has 1 aromatic heterocycles. The summed E-state index contributed by atoms with van der Waals surface area (Å²) in [4.78, 5) is 37.5. The van der Waals surface area contributed by atoms with Crippen molar-refractivity contribution in [2.24, 2.45) is 0 Å². The van der Waals surface area contributed by atoms with Crippen molar-refractivity contribution in [3.63, 3.8) is 0 Å². The van der Waals surface area contributed by atoms with Crippen molar-refractivity contribution in [2.75, 3.05) is 6.54 Å². The number of nitrogens with zero attached hydrogens (tertiary/aromatic N) is 1. The average Bonchev–Trinajstić information content (AvgIpc) is 3.05. The second-order valence-corrected chi connectivity index (χ2v) is 5.24. The van der Waals surface area contributed by atoms with Gasteiger partial charge in [-0.05, 0) is 12.1 Å². The fraction of sp³-hybridized carbons (Fsp3) is 0.267. The number of hydrogen-bond donors (Lipinski definition) is 0. The predicted molar refractivity (Wildman–Crippen MR) is 71.8 cm³/mol. The SMILES string of the molecule is O=C1O[C@H]2C[C@H]1N(C(=O)c1cc(=O)c3ccccc3o1)C2. The second kappa shape index (κ2) is 4.18. The van der Waals surface area contributed by atoms with E-state index in [1.54, 1.807) is 24.3 Å². The van der Waals surface area contributed by atoms with Crippen LogP contribution in [0.15, 0.2) is 39.5 Å². The number of esters is 1. The maximum Gasteiger partial charge on any atom is 0.329 e. The molecule has 0 unspecified atom stereocenters. The maximum absolute atomic E-state index is 12.5. The largest absolute Gasteiger partial charge is 0.459 e. The lowest BCUT2D eigenvalue weighted by Gasteiger charge is -2.25. The van der Waals surface area contributed by atoms with Crippen molar-refractivity contribution in [1.82, 2.24) is 4.90 Å². The Morgan fingerprint density at radius 3 is 2.81 bits per heavy atom. The quantitative estimate of drug-likeness (QED) is 0.729. The van der Waals surface area contributed by atoms with Crippen LogP contribution in [0.2, 0.25) is 0 Å². The number of hydrogen-bond acceptors (Lipinski definition) is 5. The first-order valence-electron chi connectivity index (χ1n) is 6.68. The fourth-order valence-corrected chi connectivity index (χ4v) is 2.92. The maximum atomic E-state index is 12.5. The molecule has 21 heavy (non-hydrogen) atoms. The van der Waals surface area contributed by atoms with Crippen molar-refractivity contribution in [3.05, 3.63) is 46.3 Å². The summed E-state index contributed by atoms with van der Waals surface area (Å²) in [6.07, 6.45) is 0.279. The van der Waals surface area contributed by atoms with Crippen LogP contribution in [0.25, 0.3) is 11.0 Å². The zero-order valence-corrected chi connectivity index (χ0v) is 10.9. The fourth-order valence-electron chi connectivity index (χ4n) is 2.92. The lowest BCUT2D eigenvalue weighted by atomic mass is 10.2. The minimum absolute atomic E-state index is 0.0425. The molecule has 0 N–H and O–H groups in total. The van der Waals surface area contributed by atoms with Crippen molar-refractivity contribution < 1.29 is 18.7 Å². The number of morpholine rings is 1. The van der Waals surface area contributed by atoms with Gasteiger partial charge in [-0.3, -0.25) is 9.59 Å². The first-order valence-corrected chi connectivity index (χ1v) is 6.68. The van der Waals surface area contributed by atoms with Crippen LogP contribution in [0.5, 0.6) is 0 Å². The molecule has 1 aromatic carbocycles. The number of para-hydroxylation sites is 1. The van der Waals surface area contributed by atoms with Crippen molar-refractivity contribution >= 4 is 22.8 Å². The van der Waals surface area contributed by atoms with Gasteiger partial charge in [0, 0.05) is 12.5 Å². The van der Waals surface area contributed by atoms with Gasteiger partial charge in [0.05, 0.1) is 11.9 Å². The summed E-state index contributed by atoms with van der Waals surface area (Å²) in [5.41, 5.74) is 0.0902. The minimum Gasteiger partial charge on any atom is -0.459 e. The number of likely N-dealkylation sites (tertiary alicyclic amines) is 1. The molecule has 4 rings (SSSR count). The number of carbonyl (C=O) groups is 2. The summed E-state index contributed by atoms with van der Waals surface area (Å²) in [5, 5.41) is 0.427. The van der Waals surface area contributed by atoms with Gasteiger partial charge < -0.3 is 14.1 Å². The molecule has 2 saturated heterocycles. The highest BCUT2D eigenvalue weighted by molar-refractivity contribution is 5.97. The van der Waals surface area contributed by atoms with Crippen LogP contribution >= 0.6 is 0 Å². The summed E-state index contributed by atoms with van der Waals surface area (Å²) in [6.45, 7) is 0.353. The van der Waals surface area contributed by atoms with E-state index in [1.165, 1.54) is 11.0 Å². The van der Waals surface area contributed by atoms with Gasteiger partial charge in [0.15, 0.2) is 11.2 Å². The highest BCUT2D eigenvalue weighted by Crippen LogP contribution is 2.30. The monoisotopic (exact) mass is 285 g/mol. The van der Waals surface area contributed by atoms with Crippen molar-refractivity contribution in [1.29, 1.82) is 0 Å². The smallest absolute Gasteiger partial charge is 0.329 e. The van der Waals surface area contributed by atoms with E-state index in [0.29, 0.717) is 23.9 Å². The highest BCUT2D eigenvalue weighted by Gasteiger charge is 2.49. The van der Waals surface area contributed by atoms with E-state index in [2.05, 4.69) is 0 Å². The molecule has 2 aliphatic heterocycles. The van der Waals surface area contributed by atoms with Crippen molar-refractivity contribution in [2.45, 2.75) is 18.6 Å². The Morgan fingerprint density at radius 2 is 2.05 bits per heavy atom. The molecular weight excluding hydrogens is 274 g/mol. The lowest BCUT2D eigenvalue weighted by molar-refractivity contribution is -0.149. The van der Waals surface area contributed by atoms with Crippen LogP contribution in [0, 0.1) is 0 Å². The minimum atomic E-state index is -0.556. The van der Waals surface area contributed by atoms with Gasteiger partial charge in [-0.15, -0.1) is 0 Å². The Kier molecular flexibility index (Phi) is 2.42. The molecule has 0 saturated carbocycles. The van der Waals surface area contributed by atoms with Crippen LogP contribution in [0.4, 0.5) is 0 Å². The van der Waals surface area contributed by atoms with Gasteiger partial charge in [0.25, 0.3) is 5.91 Å². The molecule has 0 aliphatic carbocycles. The van der Waals surface area contributed by atoms with Crippen LogP contribution in [-0.4, -0.2) is 35.5 Å². The van der Waals surface area contributed by atoms with Crippen LogP contribution in [0.1, 0.15) is 17.0 Å². The van der Waals surface area contributed by atoms with E-state index in [1.807, 2.05) is 0 Å². The number of fused-ring (bicyclic) bond motifs is 3. The molecule has 6 heteroatoms. The van der Waals surface area contributed by atoms with Gasteiger partial charge in [-0.1, -0.05) is 12.1 Å². The topological polar surface area (TPSA) is 76.8 Å². The molecule has 2 aromatic rings. The van der Waals surface area contributed by atoms with E-state index in [4.69, 9.17) is 9.15 Å². The Morgan fingerprint density at radius 1 is 1.24 bits per heavy atom. The summed E-state index contributed by atoms with van der Waals surface area (Å²) >= 11 is 0. The zero-order valence-electron chi connectivity index (χ0n) is 10.9. The molecule has 2 fully saturated rings. The summed E-state index contributed by atoms with van der Waals surface area (Å²) in [6, 6.07) is 7.37. The summed E-state index contributed by atoms with van der Waals surface area (Å²) < 4.78 is 10.6. The van der Waals surface area contributed by atoms with Gasteiger partial charge in [-0.25, -0.2) is 4.79 Å². The first kappa shape index (κ1) is 12.1. The van der Waals surface area contributed by atoms with Crippen molar-refractivity contribution in [3.8, 4) is 0 Å². The Bertz CT molecular complexity index is 824. The molecule has 0 spiro atoms. The summed E-state index contributed by atoms with van der Waals surface area (Å²) in [7, 11) is 0. The highest BCUT2D eigenvalue weighted by atomic mass is 16.6. The number of amides is 1. The van der Waals surface area contributed by atoms with Crippen LogP contribution < -0.4 is 5.43 Å². The third-order valence-electron chi connectivity index (χ3n) is 3.92. The number of ether oxygens (including phenoxy) is 1. The molecule has 0 radical (unpaired) electrons. The molecule has 2 aliphatic rings. The molecule has 106 valence electrons. The van der Waals surface area contributed by atoms with E-state index >= 15 is 0 Å². The summed E-state index contributed by atoms with van der Waals surface area (Å²) in [5.74, 6) is -0.871. The third kappa shape index (κ3) is 1.75. The Hall–Kier alpha value is -2.63. The lowest BCUT2D eigenvalue weighted by Crippen LogP contribution is -2.44. The molecular formula is C15H11NO5. The normalized spacial score (nSPS) is 23.6. The Balaban J connectivity index is 1.75. The Labute approximate surface area is 118 Å². The van der Waals surface area contributed by atoms with E-state index < -0.39 is 11.9 Å². The molecule has 3 heterocycles. The van der Waals surface area contributed by atoms with E-state index in [0.717, 1.165) is 0 Å². The third-order valence-corrected chi connectivity index (χ3v) is 3.92. The number of rotatable bonds is 1. The van der Waals surface area contributed by atoms with E-state index in [-0.39, 0.29) is 23.3 Å². The van der Waals surface area contributed by atoms with Gasteiger partial charge in [0.1, 0.15) is 17.7 Å². The van der Waals surface area contributed by atoms with Gasteiger partial charge >= 0.3 is 5.97 Å². The van der Waals surface area contributed by atoms with Gasteiger partial charge in [0.2, 0.25) is 0 Å².